The topological polar surface area (TPSA) is 81.9 Å². The first-order chi connectivity index (χ1) is 13.6. The van der Waals surface area contributed by atoms with E-state index in [9.17, 15) is 0 Å². The van der Waals surface area contributed by atoms with E-state index in [0.29, 0.717) is 26.3 Å². The lowest BCUT2D eigenvalue weighted by Gasteiger charge is -2.13. The van der Waals surface area contributed by atoms with Crippen LogP contribution in [0.4, 0.5) is 0 Å². The highest BCUT2D eigenvalue weighted by atomic mass is 16.5. The van der Waals surface area contributed by atoms with Crippen LogP contribution in [0.2, 0.25) is 0 Å². The Morgan fingerprint density at radius 1 is 1.07 bits per heavy atom. The van der Waals surface area contributed by atoms with Crippen molar-refractivity contribution in [1.29, 1.82) is 0 Å². The molecule has 0 unspecified atom stereocenters. The van der Waals surface area contributed by atoms with Gasteiger partial charge in [-0.25, -0.2) is 0 Å². The maximum absolute atomic E-state index is 5.72. The van der Waals surface area contributed by atoms with Gasteiger partial charge in [-0.1, -0.05) is 0 Å². The number of hydrogen-bond acceptors (Lipinski definition) is 5. The van der Waals surface area contributed by atoms with Crippen LogP contribution in [-0.4, -0.2) is 56.8 Å². The number of benzene rings is 1. The molecule has 154 valence electrons. The standard InChI is InChI=1S/C20H31N5O3/c1-15-19(16(2)25(24-15)11-13-26-4)14-23-20(21-3)22-10-12-28-18-8-6-17(27-5)7-9-18/h6-9H,10-14H2,1-5H3,(H2,21,22,23). The van der Waals surface area contributed by atoms with Gasteiger partial charge in [-0.2, -0.15) is 5.10 Å². The lowest BCUT2D eigenvalue weighted by atomic mass is 10.2. The van der Waals surface area contributed by atoms with E-state index in [1.807, 2.05) is 35.9 Å². The number of aliphatic imine (C=N–C) groups is 1. The lowest BCUT2D eigenvalue weighted by molar-refractivity contribution is 0.182. The van der Waals surface area contributed by atoms with Gasteiger partial charge in [0, 0.05) is 32.0 Å². The second-order valence-corrected chi connectivity index (χ2v) is 6.24. The zero-order chi connectivity index (χ0) is 20.4. The first-order valence-electron chi connectivity index (χ1n) is 9.32. The van der Waals surface area contributed by atoms with Gasteiger partial charge < -0.3 is 24.8 Å². The monoisotopic (exact) mass is 389 g/mol. The van der Waals surface area contributed by atoms with Gasteiger partial charge in [0.05, 0.1) is 32.5 Å². The molecule has 8 heteroatoms. The van der Waals surface area contributed by atoms with Gasteiger partial charge in [-0.15, -0.1) is 0 Å². The third kappa shape index (κ3) is 6.16. The maximum Gasteiger partial charge on any atom is 0.191 e. The van der Waals surface area contributed by atoms with E-state index in [-0.39, 0.29) is 0 Å². The molecule has 0 amide bonds. The summed E-state index contributed by atoms with van der Waals surface area (Å²) in [5, 5.41) is 11.2. The maximum atomic E-state index is 5.72. The molecule has 0 radical (unpaired) electrons. The van der Waals surface area contributed by atoms with Crippen molar-refractivity contribution < 1.29 is 14.2 Å². The second kappa shape index (κ2) is 11.2. The number of nitrogens with zero attached hydrogens (tertiary/aromatic N) is 3. The van der Waals surface area contributed by atoms with Gasteiger partial charge in [-0.3, -0.25) is 9.67 Å². The Balaban J connectivity index is 1.77. The molecule has 0 fully saturated rings. The van der Waals surface area contributed by atoms with Gasteiger partial charge in [0.1, 0.15) is 18.1 Å². The molecule has 0 spiro atoms. The number of guanidine groups is 1. The molecular formula is C20H31N5O3. The van der Waals surface area contributed by atoms with Crippen molar-refractivity contribution in [1.82, 2.24) is 20.4 Å². The molecule has 2 N–H and O–H groups in total. The van der Waals surface area contributed by atoms with E-state index in [0.717, 1.165) is 35.4 Å². The molecule has 0 aliphatic rings. The van der Waals surface area contributed by atoms with E-state index in [2.05, 4.69) is 27.6 Å². The molecule has 1 aromatic heterocycles. The molecule has 2 aromatic rings. The molecule has 28 heavy (non-hydrogen) atoms. The molecular weight excluding hydrogens is 358 g/mol. The summed E-state index contributed by atoms with van der Waals surface area (Å²) in [5.74, 6) is 2.34. The first-order valence-corrected chi connectivity index (χ1v) is 9.32. The van der Waals surface area contributed by atoms with Crippen LogP contribution < -0.4 is 20.1 Å². The molecule has 1 aromatic carbocycles. The zero-order valence-electron chi connectivity index (χ0n) is 17.4. The molecule has 0 bridgehead atoms. The molecule has 0 saturated carbocycles. The molecule has 0 aliphatic carbocycles. The van der Waals surface area contributed by atoms with Crippen LogP contribution in [0.3, 0.4) is 0 Å². The Morgan fingerprint density at radius 2 is 1.79 bits per heavy atom. The number of rotatable bonds is 10. The summed E-state index contributed by atoms with van der Waals surface area (Å²) in [7, 11) is 5.09. The van der Waals surface area contributed by atoms with Crippen LogP contribution in [0.5, 0.6) is 11.5 Å². The Morgan fingerprint density at radius 3 is 2.43 bits per heavy atom. The predicted molar refractivity (Wildman–Crippen MR) is 110 cm³/mol. The molecule has 0 saturated heterocycles. The van der Waals surface area contributed by atoms with Gasteiger partial charge in [0.15, 0.2) is 5.96 Å². The third-order valence-electron chi connectivity index (χ3n) is 4.42. The summed E-state index contributed by atoms with van der Waals surface area (Å²) in [6.45, 7) is 7.31. The third-order valence-corrected chi connectivity index (χ3v) is 4.42. The molecule has 0 aliphatic heterocycles. The summed E-state index contributed by atoms with van der Waals surface area (Å²) in [4.78, 5) is 4.26. The SMILES string of the molecule is CN=C(NCCOc1ccc(OC)cc1)NCc1c(C)nn(CCOC)c1C. The summed E-state index contributed by atoms with van der Waals surface area (Å²) in [6, 6.07) is 7.53. The van der Waals surface area contributed by atoms with E-state index >= 15 is 0 Å². The smallest absolute Gasteiger partial charge is 0.191 e. The number of methoxy groups -OCH3 is 2. The van der Waals surface area contributed by atoms with E-state index < -0.39 is 0 Å². The summed E-state index contributed by atoms with van der Waals surface area (Å²) in [6.07, 6.45) is 0. The van der Waals surface area contributed by atoms with Gasteiger partial charge in [0.2, 0.25) is 0 Å². The lowest BCUT2D eigenvalue weighted by Crippen LogP contribution is -2.39. The average molecular weight is 390 g/mol. The predicted octanol–water partition coefficient (Wildman–Crippen LogP) is 1.90. The number of hydrogen-bond donors (Lipinski definition) is 2. The van der Waals surface area contributed by atoms with Crippen molar-refractivity contribution in [2.45, 2.75) is 26.9 Å². The van der Waals surface area contributed by atoms with Gasteiger partial charge in [-0.05, 0) is 38.1 Å². The molecule has 0 atom stereocenters. The Bertz CT molecular complexity index is 756. The van der Waals surface area contributed by atoms with Crippen LogP contribution in [0.15, 0.2) is 29.3 Å². The Labute approximate surface area is 166 Å². The van der Waals surface area contributed by atoms with Crippen LogP contribution in [0, 0.1) is 13.8 Å². The van der Waals surface area contributed by atoms with E-state index in [4.69, 9.17) is 14.2 Å². The minimum absolute atomic E-state index is 0.528. The second-order valence-electron chi connectivity index (χ2n) is 6.24. The highest BCUT2D eigenvalue weighted by molar-refractivity contribution is 5.79. The van der Waals surface area contributed by atoms with E-state index in [1.54, 1.807) is 21.3 Å². The Hall–Kier alpha value is -2.74. The van der Waals surface area contributed by atoms with E-state index in [1.165, 1.54) is 5.56 Å². The van der Waals surface area contributed by atoms with Crippen molar-refractivity contribution in [3.63, 3.8) is 0 Å². The van der Waals surface area contributed by atoms with Crippen molar-refractivity contribution >= 4 is 5.96 Å². The molecule has 2 rings (SSSR count). The van der Waals surface area contributed by atoms with Crippen molar-refractivity contribution in [2.24, 2.45) is 4.99 Å². The van der Waals surface area contributed by atoms with Crippen LogP contribution >= 0.6 is 0 Å². The largest absolute Gasteiger partial charge is 0.497 e. The van der Waals surface area contributed by atoms with Crippen molar-refractivity contribution in [3.8, 4) is 11.5 Å². The normalized spacial score (nSPS) is 11.4. The van der Waals surface area contributed by atoms with Crippen LogP contribution in [-0.2, 0) is 17.8 Å². The first kappa shape index (κ1) is 21.6. The molecule has 8 nitrogen and oxygen atoms in total. The summed E-state index contributed by atoms with van der Waals surface area (Å²) >= 11 is 0. The fourth-order valence-corrected chi connectivity index (χ4v) is 2.79. The fraction of sp³-hybridized carbons (Fsp3) is 0.500. The number of aryl methyl sites for hydroxylation is 1. The van der Waals surface area contributed by atoms with Crippen molar-refractivity contribution in [3.05, 3.63) is 41.2 Å². The summed E-state index contributed by atoms with van der Waals surface area (Å²) < 4.78 is 18.0. The van der Waals surface area contributed by atoms with Gasteiger partial charge in [0.25, 0.3) is 0 Å². The highest BCUT2D eigenvalue weighted by Crippen LogP contribution is 2.16. The quantitative estimate of drug-likeness (QED) is 0.367. The average Bonchev–Trinajstić information content (AvgIpc) is 2.99. The molecule has 1 heterocycles. The number of ether oxygens (including phenoxy) is 3. The number of aromatic nitrogens is 2. The Kier molecular flexibility index (Phi) is 8.61. The minimum Gasteiger partial charge on any atom is -0.497 e. The summed E-state index contributed by atoms with van der Waals surface area (Å²) in [5.41, 5.74) is 3.33. The van der Waals surface area contributed by atoms with Gasteiger partial charge >= 0.3 is 0 Å². The highest BCUT2D eigenvalue weighted by Gasteiger charge is 2.11. The van der Waals surface area contributed by atoms with Crippen LogP contribution in [0.25, 0.3) is 0 Å². The van der Waals surface area contributed by atoms with Crippen molar-refractivity contribution in [2.75, 3.05) is 41.0 Å². The number of nitrogens with one attached hydrogen (secondary N) is 2. The minimum atomic E-state index is 0.528. The zero-order valence-corrected chi connectivity index (χ0v) is 17.4. The van der Waals surface area contributed by atoms with Crippen LogP contribution in [0.1, 0.15) is 17.0 Å². The fourth-order valence-electron chi connectivity index (χ4n) is 2.79.